The molecule has 5 N–H and O–H groups in total. The minimum absolute atomic E-state index is 0.0115. The second-order valence-corrected chi connectivity index (χ2v) is 13.6. The van der Waals surface area contributed by atoms with Crippen molar-refractivity contribution in [1.82, 2.24) is 15.5 Å². The molecule has 2 fully saturated rings. The molecule has 2 aliphatic rings. The van der Waals surface area contributed by atoms with E-state index in [1.807, 2.05) is 30.3 Å². The fourth-order valence-corrected chi connectivity index (χ4v) is 6.53. The number of carboxylic acids is 1. The number of carbonyl (C=O) groups is 3. The molecule has 0 aromatic heterocycles. The van der Waals surface area contributed by atoms with E-state index in [1.165, 1.54) is 13.0 Å². The molecule has 1 saturated heterocycles. The highest BCUT2D eigenvalue weighted by molar-refractivity contribution is 6.33. The summed E-state index contributed by atoms with van der Waals surface area (Å²) in [6.45, 7) is 4.18. The highest BCUT2D eigenvalue weighted by Crippen LogP contribution is 2.39. The summed E-state index contributed by atoms with van der Waals surface area (Å²) in [6, 6.07) is 19.5. The third-order valence-electron chi connectivity index (χ3n) is 9.34. The number of aliphatic carboxylic acids is 1. The number of hydrogen-bond acceptors (Lipinski definition) is 7. The van der Waals surface area contributed by atoms with Crippen LogP contribution in [0, 0.1) is 11.7 Å². The van der Waals surface area contributed by atoms with Gasteiger partial charge in [-0.1, -0.05) is 48.0 Å². The SMILES string of the molecule is COCCOc1ccc(C(=O)NCC2CN(C(C)=O)C2)c(-c2cc(C(CNC3CCC(N)CC3)c3ccccc3)ccc2Cl)c1F.O=C(O)C(F)(F)F. The van der Waals surface area contributed by atoms with E-state index in [4.69, 9.17) is 36.7 Å². The summed E-state index contributed by atoms with van der Waals surface area (Å²) in [5, 5.41) is 14.1. The third kappa shape index (κ3) is 11.6. The standard InChI is InChI=1S/C36H44ClFN4O4.C2HF3O2/c1-23(43)42-21-24(22-42)19-41-36(44)29-13-15-33(46-17-16-45-2)35(38)34(29)30-18-26(8-14-32(30)37)31(25-6-4-3-5-7-25)20-40-28-11-9-27(39)10-12-28;3-2(4,5)1(6)7/h3-8,13-15,18,24,27-28,31,40H,9-12,16-17,19-22,39H2,1-2H3,(H,41,44);(H,6,7). The van der Waals surface area contributed by atoms with Gasteiger partial charge in [0.25, 0.3) is 5.91 Å². The van der Waals surface area contributed by atoms with Crippen molar-refractivity contribution in [3.05, 3.63) is 88.2 Å². The molecule has 0 radical (unpaired) electrons. The van der Waals surface area contributed by atoms with E-state index in [0.717, 1.165) is 36.8 Å². The minimum Gasteiger partial charge on any atom is -0.488 e. The molecule has 0 bridgehead atoms. The Labute approximate surface area is 311 Å². The number of nitrogens with two attached hydrogens (primary N) is 1. The average molecular weight is 765 g/mol. The largest absolute Gasteiger partial charge is 0.490 e. The van der Waals surface area contributed by atoms with Gasteiger partial charge in [0.2, 0.25) is 5.91 Å². The number of nitrogens with one attached hydrogen (secondary N) is 2. The summed E-state index contributed by atoms with van der Waals surface area (Å²) in [5.41, 5.74) is 8.86. The number of ether oxygens (including phenoxy) is 2. The van der Waals surface area contributed by atoms with E-state index < -0.39 is 23.9 Å². The third-order valence-corrected chi connectivity index (χ3v) is 9.67. The lowest BCUT2D eigenvalue weighted by atomic mass is 9.87. The molecular weight excluding hydrogens is 720 g/mol. The van der Waals surface area contributed by atoms with Crippen LogP contribution < -0.4 is 21.1 Å². The van der Waals surface area contributed by atoms with E-state index in [-0.39, 0.29) is 53.9 Å². The molecule has 1 saturated carbocycles. The number of nitrogens with zero attached hydrogens (tertiary/aromatic N) is 1. The maximum Gasteiger partial charge on any atom is 0.490 e. The zero-order valence-corrected chi connectivity index (χ0v) is 30.3. The molecule has 53 heavy (non-hydrogen) atoms. The van der Waals surface area contributed by atoms with Crippen LogP contribution in [0.3, 0.4) is 0 Å². The average Bonchev–Trinajstić information content (AvgIpc) is 3.10. The lowest BCUT2D eigenvalue weighted by molar-refractivity contribution is -0.192. The van der Waals surface area contributed by atoms with Crippen LogP contribution in [0.25, 0.3) is 11.1 Å². The number of halogens is 5. The molecule has 15 heteroatoms. The number of amides is 2. The molecule has 1 heterocycles. The van der Waals surface area contributed by atoms with Gasteiger partial charge in [-0.05, 0) is 61.1 Å². The van der Waals surface area contributed by atoms with Crippen LogP contribution in [0.15, 0.2) is 60.7 Å². The number of methoxy groups -OCH3 is 1. The second kappa shape index (κ2) is 19.2. The van der Waals surface area contributed by atoms with Crippen molar-refractivity contribution in [2.24, 2.45) is 11.7 Å². The predicted octanol–water partition coefficient (Wildman–Crippen LogP) is 6.00. The van der Waals surface area contributed by atoms with E-state index in [9.17, 15) is 22.8 Å². The molecule has 2 amide bonds. The van der Waals surface area contributed by atoms with Gasteiger partial charge in [0.15, 0.2) is 11.6 Å². The van der Waals surface area contributed by atoms with Gasteiger partial charge in [-0.3, -0.25) is 9.59 Å². The van der Waals surface area contributed by atoms with Crippen LogP contribution in [0.5, 0.6) is 5.75 Å². The fraction of sp³-hybridized carbons (Fsp3) is 0.447. The van der Waals surface area contributed by atoms with Crippen LogP contribution in [0.1, 0.15) is 60.0 Å². The quantitative estimate of drug-likeness (QED) is 0.123. The van der Waals surface area contributed by atoms with Crippen molar-refractivity contribution < 1.29 is 46.5 Å². The Morgan fingerprint density at radius 2 is 1.66 bits per heavy atom. The molecule has 5 rings (SSSR count). The number of alkyl halides is 3. The fourth-order valence-electron chi connectivity index (χ4n) is 6.32. The Bertz CT molecular complexity index is 1700. The predicted molar refractivity (Wildman–Crippen MR) is 193 cm³/mol. The summed E-state index contributed by atoms with van der Waals surface area (Å²) < 4.78 is 58.9. The molecule has 1 aliphatic heterocycles. The van der Waals surface area contributed by atoms with Gasteiger partial charge in [-0.15, -0.1) is 0 Å². The summed E-state index contributed by atoms with van der Waals surface area (Å²) in [4.78, 5) is 35.8. The lowest BCUT2D eigenvalue weighted by Gasteiger charge is -2.38. The topological polar surface area (TPSA) is 143 Å². The Kier molecular flexibility index (Phi) is 15.0. The van der Waals surface area contributed by atoms with Crippen molar-refractivity contribution in [2.45, 2.75) is 56.8 Å². The molecule has 3 aromatic carbocycles. The van der Waals surface area contributed by atoms with E-state index >= 15 is 4.39 Å². The highest BCUT2D eigenvalue weighted by atomic mass is 35.5. The second-order valence-electron chi connectivity index (χ2n) is 13.2. The zero-order chi connectivity index (χ0) is 38.7. The lowest BCUT2D eigenvalue weighted by Crippen LogP contribution is -2.53. The van der Waals surface area contributed by atoms with E-state index in [1.54, 1.807) is 24.1 Å². The summed E-state index contributed by atoms with van der Waals surface area (Å²) in [5.74, 6) is -3.72. The Morgan fingerprint density at radius 1 is 1.00 bits per heavy atom. The van der Waals surface area contributed by atoms with Crippen LogP contribution in [-0.4, -0.2) is 92.6 Å². The van der Waals surface area contributed by atoms with E-state index in [0.29, 0.717) is 42.8 Å². The van der Waals surface area contributed by atoms with Gasteiger partial charge in [0.05, 0.1) is 12.2 Å². The zero-order valence-electron chi connectivity index (χ0n) is 29.6. The highest BCUT2D eigenvalue weighted by Gasteiger charge is 2.38. The maximum absolute atomic E-state index is 16.4. The first-order chi connectivity index (χ1) is 25.2. The van der Waals surface area contributed by atoms with Gasteiger partial charge in [0, 0.05) is 80.3 Å². The van der Waals surface area contributed by atoms with Crippen molar-refractivity contribution in [1.29, 1.82) is 0 Å². The Hall–Kier alpha value is -4.24. The van der Waals surface area contributed by atoms with Crippen LogP contribution >= 0.6 is 11.6 Å². The molecular formula is C38H45ClF4N4O6. The number of carbonyl (C=O) groups excluding carboxylic acids is 2. The van der Waals surface area contributed by atoms with Gasteiger partial charge in [0.1, 0.15) is 6.61 Å². The first kappa shape index (κ1) is 41.5. The number of likely N-dealkylation sites (tertiary alicyclic amines) is 1. The van der Waals surface area contributed by atoms with Crippen molar-refractivity contribution in [3.63, 3.8) is 0 Å². The molecule has 3 aromatic rings. The maximum atomic E-state index is 16.4. The molecule has 1 aliphatic carbocycles. The minimum atomic E-state index is -5.08. The molecule has 1 atom stereocenters. The van der Waals surface area contributed by atoms with Gasteiger partial charge in [-0.25, -0.2) is 9.18 Å². The molecule has 1 unspecified atom stereocenters. The molecule has 10 nitrogen and oxygen atoms in total. The van der Waals surface area contributed by atoms with Gasteiger partial charge in [-0.2, -0.15) is 13.2 Å². The van der Waals surface area contributed by atoms with E-state index in [2.05, 4.69) is 22.8 Å². The monoisotopic (exact) mass is 764 g/mol. The van der Waals surface area contributed by atoms with Crippen LogP contribution in [0.2, 0.25) is 5.02 Å². The van der Waals surface area contributed by atoms with Crippen molar-refractivity contribution in [2.75, 3.05) is 46.5 Å². The Morgan fingerprint density at radius 3 is 2.26 bits per heavy atom. The smallest absolute Gasteiger partial charge is 0.488 e. The number of rotatable bonds is 13. The summed E-state index contributed by atoms with van der Waals surface area (Å²) in [7, 11) is 1.54. The van der Waals surface area contributed by atoms with Crippen LogP contribution in [0.4, 0.5) is 17.6 Å². The Balaban J connectivity index is 0.000000815. The molecule has 288 valence electrons. The van der Waals surface area contributed by atoms with Crippen molar-refractivity contribution >= 4 is 29.4 Å². The van der Waals surface area contributed by atoms with Gasteiger partial charge >= 0.3 is 12.1 Å². The number of carboxylic acid groups (broad SMARTS) is 1. The normalized spacial score (nSPS) is 17.9. The summed E-state index contributed by atoms with van der Waals surface area (Å²) >= 11 is 6.80. The first-order valence-corrected chi connectivity index (χ1v) is 17.7. The summed E-state index contributed by atoms with van der Waals surface area (Å²) in [6.07, 6.45) is -1.02. The first-order valence-electron chi connectivity index (χ1n) is 17.3. The van der Waals surface area contributed by atoms with Crippen molar-refractivity contribution in [3.8, 4) is 16.9 Å². The number of benzene rings is 3. The molecule has 0 spiro atoms. The van der Waals surface area contributed by atoms with Gasteiger partial charge < -0.3 is 35.8 Å². The van der Waals surface area contributed by atoms with Crippen LogP contribution in [-0.2, 0) is 14.3 Å². The number of hydrogen-bond donors (Lipinski definition) is 4.